The van der Waals surface area contributed by atoms with Crippen LogP contribution in [-0.2, 0) is 66.8 Å². The topological polar surface area (TPSA) is 354 Å². The summed E-state index contributed by atoms with van der Waals surface area (Å²) in [7, 11) is 0. The SMILES string of the molecule is CC(=O)O.CC(=O)O.CCC(C)(CC(C)(C)C(=O)OCC(O)COCC(O)COC(=O)C(C)(CC)CC(C)(CC(C)(C)C(=O)O)C(=O)OCC(O)CO)C(=O)OCC(O)COC(C)=O. The van der Waals surface area contributed by atoms with Crippen molar-refractivity contribution in [2.75, 3.05) is 52.9 Å². The summed E-state index contributed by atoms with van der Waals surface area (Å²) in [4.78, 5) is 93.2. The van der Waals surface area contributed by atoms with Gasteiger partial charge < -0.3 is 69.3 Å². The first-order chi connectivity index (χ1) is 29.1. The van der Waals surface area contributed by atoms with E-state index in [4.69, 9.17) is 48.6 Å². The molecule has 8 N–H and O–H groups in total. The molecule has 0 aliphatic heterocycles. The van der Waals surface area contributed by atoms with Crippen molar-refractivity contribution >= 4 is 47.8 Å². The van der Waals surface area contributed by atoms with Gasteiger partial charge in [-0.2, -0.15) is 0 Å². The molecule has 0 amide bonds. The molecule has 0 aromatic rings. The van der Waals surface area contributed by atoms with E-state index in [2.05, 4.69) is 4.74 Å². The third kappa shape index (κ3) is 27.0. The fourth-order valence-corrected chi connectivity index (χ4v) is 6.01. The number of carbonyl (C=O) groups is 8. The molecule has 64 heavy (non-hydrogen) atoms. The zero-order valence-electron chi connectivity index (χ0n) is 39.3. The predicted octanol–water partition coefficient (Wildman–Crippen LogP) is 1.50. The van der Waals surface area contributed by atoms with Gasteiger partial charge in [0.1, 0.15) is 57.5 Å². The minimum atomic E-state index is -1.54. The smallest absolute Gasteiger partial charge is 0.311 e. The first-order valence-electron chi connectivity index (χ1n) is 20.5. The lowest BCUT2D eigenvalue weighted by atomic mass is 9.65. The Balaban J connectivity index is -0.00000425. The summed E-state index contributed by atoms with van der Waals surface area (Å²) >= 11 is 0. The van der Waals surface area contributed by atoms with E-state index in [0.29, 0.717) is 0 Å². The second kappa shape index (κ2) is 29.9. The maximum absolute atomic E-state index is 13.3. The molecular formula is C42H74O22. The van der Waals surface area contributed by atoms with Crippen LogP contribution in [0.2, 0.25) is 0 Å². The molecule has 0 radical (unpaired) electrons. The van der Waals surface area contributed by atoms with Gasteiger partial charge in [0.2, 0.25) is 0 Å². The van der Waals surface area contributed by atoms with E-state index in [1.165, 1.54) is 34.6 Å². The summed E-state index contributed by atoms with van der Waals surface area (Å²) < 4.78 is 31.1. The van der Waals surface area contributed by atoms with Gasteiger partial charge in [-0.25, -0.2) is 0 Å². The lowest BCUT2D eigenvalue weighted by Crippen LogP contribution is -2.45. The van der Waals surface area contributed by atoms with Crippen molar-refractivity contribution < 1.29 is 108 Å². The summed E-state index contributed by atoms with van der Waals surface area (Å²) in [6, 6.07) is 0. The first kappa shape index (κ1) is 63.8. The lowest BCUT2D eigenvalue weighted by Gasteiger charge is -2.39. The van der Waals surface area contributed by atoms with Crippen molar-refractivity contribution in [2.24, 2.45) is 27.1 Å². The van der Waals surface area contributed by atoms with Crippen molar-refractivity contribution in [1.82, 2.24) is 0 Å². The minimum Gasteiger partial charge on any atom is -0.481 e. The zero-order valence-corrected chi connectivity index (χ0v) is 39.3. The summed E-state index contributed by atoms with van der Waals surface area (Å²) in [5, 5.41) is 74.0. The zero-order chi connectivity index (χ0) is 50.9. The van der Waals surface area contributed by atoms with Gasteiger partial charge in [-0.3, -0.25) is 38.4 Å². The maximum Gasteiger partial charge on any atom is 0.311 e. The predicted molar refractivity (Wildman–Crippen MR) is 223 cm³/mol. The lowest BCUT2D eigenvalue weighted by molar-refractivity contribution is -0.171. The number of carbonyl (C=O) groups excluding carboxylic acids is 5. The Bertz CT molecular complexity index is 1470. The van der Waals surface area contributed by atoms with Gasteiger partial charge in [-0.1, -0.05) is 13.8 Å². The quantitative estimate of drug-likeness (QED) is 0.0407. The molecule has 0 aliphatic carbocycles. The highest BCUT2D eigenvalue weighted by Crippen LogP contribution is 2.45. The summed E-state index contributed by atoms with van der Waals surface area (Å²) in [6.45, 7) is 13.5. The largest absolute Gasteiger partial charge is 0.481 e. The Morgan fingerprint density at radius 2 is 0.734 bits per heavy atom. The molecule has 22 nitrogen and oxygen atoms in total. The first-order valence-corrected chi connectivity index (χ1v) is 20.5. The number of aliphatic hydroxyl groups is 5. The fraction of sp³-hybridized carbons (Fsp3) is 0.810. The molecule has 0 rings (SSSR count). The number of hydrogen-bond acceptors (Lipinski definition) is 19. The highest BCUT2D eigenvalue weighted by molar-refractivity contribution is 5.82. The van der Waals surface area contributed by atoms with Gasteiger partial charge in [-0.15, -0.1) is 0 Å². The van der Waals surface area contributed by atoms with E-state index in [0.717, 1.165) is 13.8 Å². The maximum atomic E-state index is 13.3. The van der Waals surface area contributed by atoms with Gasteiger partial charge in [0.15, 0.2) is 0 Å². The molecule has 0 saturated heterocycles. The standard InChI is InChI=1S/C38H66O18.2C2H4O2/c1-11-36(8,31(48)56-20-28(44)17-52-24(3)40)22-35(6,7)30(47)53-18-26(42)14-51-15-27(43)19-55-32(49)37(9,12-2)23-38(10,21-34(4,5)29(45)46)33(50)54-16-25(41)13-39;2*1-2(3)4/h25-28,39,41-44H,11-23H2,1-10H3,(H,45,46);2*1H3,(H,3,4). The molecule has 7 unspecified atom stereocenters. The Kier molecular flexibility index (Phi) is 29.8. The van der Waals surface area contributed by atoms with E-state index in [1.807, 2.05) is 0 Å². The molecule has 7 atom stereocenters. The van der Waals surface area contributed by atoms with Crippen molar-refractivity contribution in [1.29, 1.82) is 0 Å². The number of ether oxygens (including phenoxy) is 6. The van der Waals surface area contributed by atoms with E-state index in [1.54, 1.807) is 34.6 Å². The van der Waals surface area contributed by atoms with Crippen molar-refractivity contribution in [3.63, 3.8) is 0 Å². The molecule has 0 heterocycles. The normalized spacial score (nSPS) is 16.0. The molecule has 374 valence electrons. The number of carboxylic acids is 3. The molecule has 22 heteroatoms. The number of aliphatic carboxylic acids is 3. The fourth-order valence-electron chi connectivity index (χ4n) is 6.01. The van der Waals surface area contributed by atoms with E-state index in [9.17, 15) is 54.3 Å². The highest BCUT2D eigenvalue weighted by Gasteiger charge is 2.50. The van der Waals surface area contributed by atoms with Crippen molar-refractivity contribution in [3.8, 4) is 0 Å². The van der Waals surface area contributed by atoms with Crippen LogP contribution in [0.1, 0.15) is 115 Å². The van der Waals surface area contributed by atoms with Crippen LogP contribution in [-0.4, -0.2) is 166 Å². The Morgan fingerprint density at radius 3 is 1.08 bits per heavy atom. The summed E-state index contributed by atoms with van der Waals surface area (Å²) in [5.74, 6) is -6.51. The van der Waals surface area contributed by atoms with Crippen LogP contribution in [0, 0.1) is 27.1 Å². The molecule has 0 aromatic heterocycles. The van der Waals surface area contributed by atoms with Crippen LogP contribution in [0.25, 0.3) is 0 Å². The second-order valence-electron chi connectivity index (χ2n) is 17.6. The molecule has 0 aromatic carbocycles. The van der Waals surface area contributed by atoms with Crippen molar-refractivity contribution in [3.05, 3.63) is 0 Å². The van der Waals surface area contributed by atoms with E-state index in [-0.39, 0.29) is 51.9 Å². The average Bonchev–Trinajstić information content (AvgIpc) is 3.17. The monoisotopic (exact) mass is 930 g/mol. The third-order valence-corrected chi connectivity index (χ3v) is 9.55. The van der Waals surface area contributed by atoms with Crippen molar-refractivity contribution in [2.45, 2.75) is 140 Å². The molecule has 0 saturated carbocycles. The van der Waals surface area contributed by atoms with Crippen LogP contribution in [0.4, 0.5) is 0 Å². The van der Waals surface area contributed by atoms with Gasteiger partial charge >= 0.3 is 35.8 Å². The molecule has 0 fully saturated rings. The number of rotatable bonds is 28. The van der Waals surface area contributed by atoms with Gasteiger partial charge in [0.25, 0.3) is 11.9 Å². The molecular weight excluding hydrogens is 856 g/mol. The van der Waals surface area contributed by atoms with Gasteiger partial charge in [0.05, 0.1) is 46.9 Å². The number of aliphatic hydroxyl groups excluding tert-OH is 5. The molecule has 0 aliphatic rings. The Morgan fingerprint density at radius 1 is 0.438 bits per heavy atom. The summed E-state index contributed by atoms with van der Waals surface area (Å²) in [5.41, 5.74) is -6.66. The van der Waals surface area contributed by atoms with E-state index >= 15 is 0 Å². The summed E-state index contributed by atoms with van der Waals surface area (Å²) in [6.07, 6.45) is -5.24. The number of carboxylic acid groups (broad SMARTS) is 3. The number of esters is 5. The molecule has 0 bridgehead atoms. The second-order valence-corrected chi connectivity index (χ2v) is 17.6. The molecule has 0 spiro atoms. The Hall–Kier alpha value is -4.48. The van der Waals surface area contributed by atoms with Crippen LogP contribution < -0.4 is 0 Å². The van der Waals surface area contributed by atoms with Gasteiger partial charge in [0, 0.05) is 20.8 Å². The average molecular weight is 931 g/mol. The van der Waals surface area contributed by atoms with E-state index < -0.39 is 132 Å². The van der Waals surface area contributed by atoms with Crippen LogP contribution in [0.5, 0.6) is 0 Å². The highest BCUT2D eigenvalue weighted by atomic mass is 16.6. The number of hydrogen-bond donors (Lipinski definition) is 8. The van der Waals surface area contributed by atoms with Gasteiger partial charge in [-0.05, 0) is 80.6 Å². The van der Waals surface area contributed by atoms with Crippen LogP contribution >= 0.6 is 0 Å². The van der Waals surface area contributed by atoms with Crippen LogP contribution in [0.15, 0.2) is 0 Å². The Labute approximate surface area is 374 Å². The third-order valence-electron chi connectivity index (χ3n) is 9.55. The minimum absolute atomic E-state index is 0.00119. The van der Waals surface area contributed by atoms with Crippen LogP contribution in [0.3, 0.4) is 0 Å².